The number of imidazole rings is 1. The molecule has 0 aliphatic carbocycles. The van der Waals surface area contributed by atoms with Gasteiger partial charge in [-0.2, -0.15) is 0 Å². The molecule has 0 fully saturated rings. The standard InChI is InChI=1S/C21H26N4O4/c1-13(2)11-25-12-24-16-8-15(10-22-20(16)25)21(26)23-9-14-6-17(27-3)19(29-5)18(7-14)28-4/h6-8,10,12-13H,9,11H2,1-5H3,(H,23,26). The zero-order valence-corrected chi connectivity index (χ0v) is 17.4. The Morgan fingerprint density at radius 2 is 1.76 bits per heavy atom. The highest BCUT2D eigenvalue weighted by molar-refractivity contribution is 5.96. The molecule has 0 unspecified atom stereocenters. The average Bonchev–Trinajstić information content (AvgIpc) is 3.12. The van der Waals surface area contributed by atoms with E-state index in [0.29, 0.717) is 40.8 Å². The van der Waals surface area contributed by atoms with Crippen molar-refractivity contribution in [1.29, 1.82) is 0 Å². The summed E-state index contributed by atoms with van der Waals surface area (Å²) in [5, 5.41) is 2.89. The zero-order valence-electron chi connectivity index (χ0n) is 17.4. The van der Waals surface area contributed by atoms with E-state index < -0.39 is 0 Å². The minimum Gasteiger partial charge on any atom is -0.493 e. The minimum absolute atomic E-state index is 0.230. The highest BCUT2D eigenvalue weighted by Crippen LogP contribution is 2.38. The van der Waals surface area contributed by atoms with Crippen LogP contribution in [-0.4, -0.2) is 41.8 Å². The lowest BCUT2D eigenvalue weighted by atomic mass is 10.1. The lowest BCUT2D eigenvalue weighted by Gasteiger charge is -2.14. The molecule has 2 aromatic heterocycles. The number of nitrogens with one attached hydrogen (secondary N) is 1. The van der Waals surface area contributed by atoms with E-state index >= 15 is 0 Å². The quantitative estimate of drug-likeness (QED) is 0.628. The molecule has 0 saturated heterocycles. The third-order valence-corrected chi connectivity index (χ3v) is 4.46. The van der Waals surface area contributed by atoms with Crippen LogP contribution in [0.2, 0.25) is 0 Å². The van der Waals surface area contributed by atoms with Crippen LogP contribution in [0.15, 0.2) is 30.7 Å². The molecule has 29 heavy (non-hydrogen) atoms. The fraction of sp³-hybridized carbons (Fsp3) is 0.381. The third kappa shape index (κ3) is 4.42. The molecule has 1 aromatic carbocycles. The Hall–Kier alpha value is -3.29. The highest BCUT2D eigenvalue weighted by Gasteiger charge is 2.15. The van der Waals surface area contributed by atoms with E-state index in [2.05, 4.69) is 29.1 Å². The number of carbonyl (C=O) groups is 1. The summed E-state index contributed by atoms with van der Waals surface area (Å²) in [6.45, 7) is 5.40. The van der Waals surface area contributed by atoms with Crippen LogP contribution in [0, 0.1) is 5.92 Å². The van der Waals surface area contributed by atoms with E-state index in [0.717, 1.165) is 17.8 Å². The van der Waals surface area contributed by atoms with Gasteiger partial charge in [0.15, 0.2) is 17.1 Å². The summed E-state index contributed by atoms with van der Waals surface area (Å²) in [5.41, 5.74) is 2.76. The van der Waals surface area contributed by atoms with Gasteiger partial charge in [-0.15, -0.1) is 0 Å². The second-order valence-electron chi connectivity index (χ2n) is 7.07. The SMILES string of the molecule is COc1cc(CNC(=O)c2cnc3c(c2)ncn3CC(C)C)cc(OC)c1OC. The molecule has 154 valence electrons. The van der Waals surface area contributed by atoms with Gasteiger partial charge in [0.1, 0.15) is 5.52 Å². The van der Waals surface area contributed by atoms with Crippen molar-refractivity contribution in [2.45, 2.75) is 26.9 Å². The van der Waals surface area contributed by atoms with Crippen LogP contribution >= 0.6 is 0 Å². The molecule has 0 aliphatic rings. The number of rotatable bonds is 8. The van der Waals surface area contributed by atoms with Crippen molar-refractivity contribution in [2.75, 3.05) is 21.3 Å². The molecule has 0 aliphatic heterocycles. The highest BCUT2D eigenvalue weighted by atomic mass is 16.5. The van der Waals surface area contributed by atoms with Crippen LogP contribution < -0.4 is 19.5 Å². The van der Waals surface area contributed by atoms with E-state index in [-0.39, 0.29) is 5.91 Å². The first kappa shape index (κ1) is 20.4. The molecule has 1 N–H and O–H groups in total. The first-order valence-corrected chi connectivity index (χ1v) is 9.34. The number of carbonyl (C=O) groups excluding carboxylic acids is 1. The first-order chi connectivity index (χ1) is 14.0. The Bertz CT molecular complexity index is 988. The topological polar surface area (TPSA) is 87.5 Å². The number of hydrogen-bond donors (Lipinski definition) is 1. The van der Waals surface area contributed by atoms with Crippen molar-refractivity contribution in [3.63, 3.8) is 0 Å². The predicted octanol–water partition coefficient (Wildman–Crippen LogP) is 3.04. The first-order valence-electron chi connectivity index (χ1n) is 9.34. The maximum atomic E-state index is 12.6. The lowest BCUT2D eigenvalue weighted by molar-refractivity contribution is 0.0950. The summed E-state index contributed by atoms with van der Waals surface area (Å²) in [7, 11) is 4.66. The summed E-state index contributed by atoms with van der Waals surface area (Å²) in [6.07, 6.45) is 3.33. The largest absolute Gasteiger partial charge is 0.493 e. The molecule has 0 bridgehead atoms. The van der Waals surface area contributed by atoms with Crippen molar-refractivity contribution in [2.24, 2.45) is 5.92 Å². The van der Waals surface area contributed by atoms with Gasteiger partial charge in [0.05, 0.1) is 33.2 Å². The summed E-state index contributed by atoms with van der Waals surface area (Å²) in [4.78, 5) is 21.4. The van der Waals surface area contributed by atoms with Crippen molar-refractivity contribution < 1.29 is 19.0 Å². The second-order valence-corrected chi connectivity index (χ2v) is 7.07. The fourth-order valence-electron chi connectivity index (χ4n) is 3.12. The number of benzene rings is 1. The lowest BCUT2D eigenvalue weighted by Crippen LogP contribution is -2.23. The van der Waals surface area contributed by atoms with E-state index in [9.17, 15) is 4.79 Å². The van der Waals surface area contributed by atoms with Crippen LogP contribution in [-0.2, 0) is 13.1 Å². The molecule has 0 radical (unpaired) electrons. The Balaban J connectivity index is 1.75. The van der Waals surface area contributed by atoms with Gasteiger partial charge in [0.25, 0.3) is 5.91 Å². The smallest absolute Gasteiger partial charge is 0.253 e. The molecule has 0 saturated carbocycles. The number of aromatic nitrogens is 3. The van der Waals surface area contributed by atoms with E-state index in [4.69, 9.17) is 14.2 Å². The van der Waals surface area contributed by atoms with E-state index in [1.54, 1.807) is 52.1 Å². The minimum atomic E-state index is -0.230. The summed E-state index contributed by atoms with van der Waals surface area (Å²) in [6, 6.07) is 5.36. The van der Waals surface area contributed by atoms with Crippen LogP contribution in [0.4, 0.5) is 0 Å². The normalized spacial score (nSPS) is 11.0. The predicted molar refractivity (Wildman–Crippen MR) is 110 cm³/mol. The number of fused-ring (bicyclic) bond motifs is 1. The van der Waals surface area contributed by atoms with Gasteiger partial charge >= 0.3 is 0 Å². The van der Waals surface area contributed by atoms with Crippen molar-refractivity contribution in [1.82, 2.24) is 19.9 Å². The van der Waals surface area contributed by atoms with Crippen LogP contribution in [0.25, 0.3) is 11.2 Å². The van der Waals surface area contributed by atoms with Gasteiger partial charge in [0, 0.05) is 19.3 Å². The molecule has 8 nitrogen and oxygen atoms in total. The van der Waals surface area contributed by atoms with Crippen molar-refractivity contribution in [3.05, 3.63) is 41.9 Å². The van der Waals surface area contributed by atoms with Crippen molar-refractivity contribution >= 4 is 17.1 Å². The molecule has 8 heteroatoms. The van der Waals surface area contributed by atoms with Crippen molar-refractivity contribution in [3.8, 4) is 17.2 Å². The maximum Gasteiger partial charge on any atom is 0.253 e. The molecule has 0 atom stereocenters. The van der Waals surface area contributed by atoms with E-state index in [1.807, 2.05) is 4.57 Å². The second kappa shape index (κ2) is 8.81. The summed E-state index contributed by atoms with van der Waals surface area (Å²) in [5.74, 6) is 1.84. The van der Waals surface area contributed by atoms with Gasteiger partial charge in [0.2, 0.25) is 5.75 Å². The Labute approximate surface area is 169 Å². The average molecular weight is 398 g/mol. The molecular weight excluding hydrogens is 372 g/mol. The summed E-state index contributed by atoms with van der Waals surface area (Å²) < 4.78 is 18.0. The molecule has 0 spiro atoms. The Morgan fingerprint density at radius 3 is 2.34 bits per heavy atom. The molecule has 1 amide bonds. The van der Waals surface area contributed by atoms with Crippen LogP contribution in [0.3, 0.4) is 0 Å². The third-order valence-electron chi connectivity index (χ3n) is 4.46. The number of amides is 1. The fourth-order valence-corrected chi connectivity index (χ4v) is 3.12. The van der Waals surface area contributed by atoms with E-state index in [1.165, 1.54) is 0 Å². The monoisotopic (exact) mass is 398 g/mol. The Morgan fingerprint density at radius 1 is 1.07 bits per heavy atom. The number of hydrogen-bond acceptors (Lipinski definition) is 6. The number of nitrogens with zero attached hydrogens (tertiary/aromatic N) is 3. The van der Waals surface area contributed by atoms with Crippen LogP contribution in [0.5, 0.6) is 17.2 Å². The number of pyridine rings is 1. The Kier molecular flexibility index (Phi) is 6.21. The van der Waals surface area contributed by atoms with Gasteiger partial charge in [-0.05, 0) is 29.7 Å². The zero-order chi connectivity index (χ0) is 21.0. The number of methoxy groups -OCH3 is 3. The van der Waals surface area contributed by atoms with Gasteiger partial charge in [-0.3, -0.25) is 4.79 Å². The van der Waals surface area contributed by atoms with Crippen LogP contribution in [0.1, 0.15) is 29.8 Å². The summed E-state index contributed by atoms with van der Waals surface area (Å²) >= 11 is 0. The molecule has 3 rings (SSSR count). The maximum absolute atomic E-state index is 12.6. The molecule has 2 heterocycles. The van der Waals surface area contributed by atoms with Gasteiger partial charge in [-0.25, -0.2) is 9.97 Å². The van der Waals surface area contributed by atoms with Gasteiger partial charge < -0.3 is 24.1 Å². The van der Waals surface area contributed by atoms with Gasteiger partial charge in [-0.1, -0.05) is 13.8 Å². The molecule has 3 aromatic rings. The molecular formula is C21H26N4O4. The number of ether oxygens (including phenoxy) is 3.